The topological polar surface area (TPSA) is 70.4 Å². The second kappa shape index (κ2) is 4.36. The standard InChI is InChI=1S/C12H16N2O3/c1-2-17-10(15)9-4-3-7-14(9)11(16)12(8-13)5-6-12/h9H,2-7H2,1H3. The van der Waals surface area contributed by atoms with Gasteiger partial charge >= 0.3 is 5.97 Å². The molecule has 2 aliphatic rings. The molecule has 0 N–H and O–H groups in total. The summed E-state index contributed by atoms with van der Waals surface area (Å²) in [5.41, 5.74) is -0.838. The van der Waals surface area contributed by atoms with E-state index in [0.717, 1.165) is 6.42 Å². The van der Waals surface area contributed by atoms with Gasteiger partial charge in [0.2, 0.25) is 5.91 Å². The summed E-state index contributed by atoms with van der Waals surface area (Å²) in [7, 11) is 0. The largest absolute Gasteiger partial charge is 0.464 e. The van der Waals surface area contributed by atoms with E-state index in [2.05, 4.69) is 6.07 Å². The SMILES string of the molecule is CCOC(=O)C1CCCN1C(=O)C1(C#N)CC1. The summed E-state index contributed by atoms with van der Waals surface area (Å²) in [6.07, 6.45) is 2.69. The molecule has 0 aromatic rings. The molecule has 1 saturated carbocycles. The molecule has 1 amide bonds. The molecule has 1 heterocycles. The van der Waals surface area contributed by atoms with E-state index in [9.17, 15) is 9.59 Å². The van der Waals surface area contributed by atoms with Crippen molar-refractivity contribution in [1.29, 1.82) is 5.26 Å². The van der Waals surface area contributed by atoms with Crippen LogP contribution in [-0.2, 0) is 14.3 Å². The number of nitrogens with zero attached hydrogens (tertiary/aromatic N) is 2. The van der Waals surface area contributed by atoms with Crippen molar-refractivity contribution in [2.45, 2.75) is 38.6 Å². The van der Waals surface area contributed by atoms with Crippen LogP contribution in [-0.4, -0.2) is 36.0 Å². The third-order valence-electron chi connectivity index (χ3n) is 3.45. The van der Waals surface area contributed by atoms with E-state index in [0.29, 0.717) is 32.4 Å². The Hall–Kier alpha value is -1.57. The van der Waals surface area contributed by atoms with Crippen LogP contribution in [0.3, 0.4) is 0 Å². The van der Waals surface area contributed by atoms with Crippen LogP contribution in [0.15, 0.2) is 0 Å². The van der Waals surface area contributed by atoms with Crippen LogP contribution in [0, 0.1) is 16.7 Å². The zero-order valence-corrected chi connectivity index (χ0v) is 9.94. The van der Waals surface area contributed by atoms with Crippen molar-refractivity contribution in [3.05, 3.63) is 0 Å². The second-order valence-electron chi connectivity index (χ2n) is 4.60. The van der Waals surface area contributed by atoms with E-state index < -0.39 is 11.5 Å². The van der Waals surface area contributed by atoms with Gasteiger partial charge in [0.05, 0.1) is 12.7 Å². The van der Waals surface area contributed by atoms with Gasteiger partial charge in [-0.25, -0.2) is 4.79 Å². The van der Waals surface area contributed by atoms with Crippen molar-refractivity contribution in [1.82, 2.24) is 4.90 Å². The van der Waals surface area contributed by atoms with Gasteiger partial charge in [0, 0.05) is 6.54 Å². The number of carbonyl (C=O) groups excluding carboxylic acids is 2. The van der Waals surface area contributed by atoms with Gasteiger partial charge in [0.25, 0.3) is 0 Å². The zero-order chi connectivity index (χ0) is 12.5. The normalized spacial score (nSPS) is 25.2. The second-order valence-corrected chi connectivity index (χ2v) is 4.60. The molecule has 1 atom stereocenters. The third-order valence-corrected chi connectivity index (χ3v) is 3.45. The zero-order valence-electron chi connectivity index (χ0n) is 9.94. The smallest absolute Gasteiger partial charge is 0.328 e. The number of esters is 1. The number of nitriles is 1. The fraction of sp³-hybridized carbons (Fsp3) is 0.750. The van der Waals surface area contributed by atoms with Gasteiger partial charge in [-0.1, -0.05) is 0 Å². The number of ether oxygens (including phenoxy) is 1. The molecule has 5 nitrogen and oxygen atoms in total. The van der Waals surface area contributed by atoms with Crippen LogP contribution >= 0.6 is 0 Å². The van der Waals surface area contributed by atoms with Crippen LogP contribution in [0.2, 0.25) is 0 Å². The summed E-state index contributed by atoms with van der Waals surface area (Å²) in [5, 5.41) is 9.00. The molecule has 1 aliphatic carbocycles. The Kier molecular flexibility index (Phi) is 3.05. The minimum Gasteiger partial charge on any atom is -0.464 e. The molecular weight excluding hydrogens is 220 g/mol. The highest BCUT2D eigenvalue weighted by molar-refractivity contribution is 5.92. The van der Waals surface area contributed by atoms with Crippen molar-refractivity contribution in [3.8, 4) is 6.07 Å². The lowest BCUT2D eigenvalue weighted by molar-refractivity contribution is -0.154. The average Bonchev–Trinajstić information content (AvgIpc) is 2.97. The maximum Gasteiger partial charge on any atom is 0.328 e. The summed E-state index contributed by atoms with van der Waals surface area (Å²) in [4.78, 5) is 25.4. The highest BCUT2D eigenvalue weighted by Crippen LogP contribution is 2.47. The van der Waals surface area contributed by atoms with Crippen LogP contribution in [0.25, 0.3) is 0 Å². The molecule has 0 radical (unpaired) electrons. The number of hydrogen-bond acceptors (Lipinski definition) is 4. The summed E-state index contributed by atoms with van der Waals surface area (Å²) in [5.74, 6) is -0.525. The molecule has 5 heteroatoms. The minimum atomic E-state index is -0.838. The summed E-state index contributed by atoms with van der Waals surface area (Å²) in [6, 6.07) is 1.60. The summed E-state index contributed by atoms with van der Waals surface area (Å²) >= 11 is 0. The number of rotatable bonds is 3. The highest BCUT2D eigenvalue weighted by atomic mass is 16.5. The van der Waals surface area contributed by atoms with Crippen LogP contribution < -0.4 is 0 Å². The van der Waals surface area contributed by atoms with Gasteiger partial charge in [-0.3, -0.25) is 4.79 Å². The molecule has 0 spiro atoms. The van der Waals surface area contributed by atoms with Crippen molar-refractivity contribution < 1.29 is 14.3 Å². The van der Waals surface area contributed by atoms with E-state index in [1.54, 1.807) is 6.92 Å². The van der Waals surface area contributed by atoms with Crippen LogP contribution in [0.4, 0.5) is 0 Å². The van der Waals surface area contributed by atoms with Gasteiger partial charge < -0.3 is 9.64 Å². The number of carbonyl (C=O) groups is 2. The fourth-order valence-electron chi connectivity index (χ4n) is 2.27. The fourth-order valence-corrected chi connectivity index (χ4v) is 2.27. The molecule has 92 valence electrons. The first kappa shape index (κ1) is 11.9. The van der Waals surface area contributed by atoms with E-state index in [1.807, 2.05) is 0 Å². The van der Waals surface area contributed by atoms with Gasteiger partial charge in [0.15, 0.2) is 0 Å². The highest BCUT2D eigenvalue weighted by Gasteiger charge is 2.54. The lowest BCUT2D eigenvalue weighted by atomic mass is 10.1. The maximum atomic E-state index is 12.2. The maximum absolute atomic E-state index is 12.2. The Morgan fingerprint density at radius 3 is 2.76 bits per heavy atom. The van der Waals surface area contributed by atoms with Crippen molar-refractivity contribution in [2.24, 2.45) is 5.41 Å². The Bertz CT molecular complexity index is 382. The lowest BCUT2D eigenvalue weighted by Gasteiger charge is -2.24. The minimum absolute atomic E-state index is 0.185. The molecule has 0 aromatic heterocycles. The first-order valence-corrected chi connectivity index (χ1v) is 6.03. The number of likely N-dealkylation sites (tertiary alicyclic amines) is 1. The Morgan fingerprint density at radius 2 is 2.24 bits per heavy atom. The third kappa shape index (κ3) is 1.99. The average molecular weight is 236 g/mol. The van der Waals surface area contributed by atoms with Gasteiger partial charge in [-0.15, -0.1) is 0 Å². The molecule has 0 bridgehead atoms. The first-order valence-electron chi connectivity index (χ1n) is 6.03. The van der Waals surface area contributed by atoms with E-state index >= 15 is 0 Å². The Balaban J connectivity index is 2.08. The molecule has 1 saturated heterocycles. The molecule has 0 aromatic carbocycles. The molecule has 1 aliphatic heterocycles. The number of amides is 1. The molecule has 1 unspecified atom stereocenters. The van der Waals surface area contributed by atoms with E-state index in [-0.39, 0.29) is 11.9 Å². The monoisotopic (exact) mass is 236 g/mol. The predicted octanol–water partition coefficient (Wildman–Crippen LogP) is 0.844. The van der Waals surface area contributed by atoms with Gasteiger partial charge in [-0.2, -0.15) is 5.26 Å². The quantitative estimate of drug-likeness (QED) is 0.681. The molecular formula is C12H16N2O3. The van der Waals surface area contributed by atoms with Crippen LogP contribution in [0.5, 0.6) is 0 Å². The Labute approximate surface area is 100 Å². The van der Waals surface area contributed by atoms with Gasteiger partial charge in [0.1, 0.15) is 11.5 Å². The first-order chi connectivity index (χ1) is 8.14. The van der Waals surface area contributed by atoms with E-state index in [1.165, 1.54) is 4.90 Å². The lowest BCUT2D eigenvalue weighted by Crippen LogP contribution is -2.44. The Morgan fingerprint density at radius 1 is 1.53 bits per heavy atom. The molecule has 2 fully saturated rings. The predicted molar refractivity (Wildman–Crippen MR) is 58.6 cm³/mol. The molecule has 2 rings (SSSR count). The van der Waals surface area contributed by atoms with Crippen molar-refractivity contribution in [3.63, 3.8) is 0 Å². The van der Waals surface area contributed by atoms with Crippen molar-refractivity contribution >= 4 is 11.9 Å². The molecule has 17 heavy (non-hydrogen) atoms. The van der Waals surface area contributed by atoms with E-state index in [4.69, 9.17) is 10.00 Å². The summed E-state index contributed by atoms with van der Waals surface area (Å²) < 4.78 is 4.96. The number of hydrogen-bond donors (Lipinski definition) is 0. The van der Waals surface area contributed by atoms with Gasteiger partial charge in [-0.05, 0) is 32.6 Å². The van der Waals surface area contributed by atoms with Crippen molar-refractivity contribution in [2.75, 3.05) is 13.2 Å². The van der Waals surface area contributed by atoms with Crippen LogP contribution in [0.1, 0.15) is 32.6 Å². The summed E-state index contributed by atoms with van der Waals surface area (Å²) in [6.45, 7) is 2.63.